The van der Waals surface area contributed by atoms with Crippen LogP contribution in [-0.2, 0) is 14.3 Å². The van der Waals surface area contributed by atoms with Crippen LogP contribution in [0.5, 0.6) is 0 Å². The molecule has 0 spiro atoms. The van der Waals surface area contributed by atoms with Crippen molar-refractivity contribution < 1.29 is 24.2 Å². The highest BCUT2D eigenvalue weighted by atomic mass is 16.5. The summed E-state index contributed by atoms with van der Waals surface area (Å²) in [5.74, 6) is -1.05. The molecule has 2 aromatic carbocycles. The number of aliphatic carboxylic acids is 1. The van der Waals surface area contributed by atoms with Crippen molar-refractivity contribution in [2.24, 2.45) is 11.3 Å². The molecule has 0 radical (unpaired) electrons. The number of amides is 2. The maximum Gasteiger partial charge on any atom is 0.407 e. The largest absolute Gasteiger partial charge is 0.481 e. The van der Waals surface area contributed by atoms with Gasteiger partial charge in [0, 0.05) is 31.5 Å². The predicted molar refractivity (Wildman–Crippen MR) is 133 cm³/mol. The lowest BCUT2D eigenvalue weighted by atomic mass is 9.82. The van der Waals surface area contributed by atoms with Gasteiger partial charge in [0.2, 0.25) is 5.91 Å². The zero-order chi connectivity index (χ0) is 25.2. The van der Waals surface area contributed by atoms with Crippen molar-refractivity contribution in [3.8, 4) is 11.1 Å². The first-order chi connectivity index (χ1) is 16.7. The molecule has 1 aliphatic carbocycles. The molecule has 7 heteroatoms. The van der Waals surface area contributed by atoms with E-state index in [9.17, 15) is 19.5 Å². The van der Waals surface area contributed by atoms with E-state index in [1.54, 1.807) is 11.8 Å². The molecular formula is C28H34N2O5. The minimum atomic E-state index is -0.929. The lowest BCUT2D eigenvalue weighted by Crippen LogP contribution is -2.50. The molecule has 0 saturated carbocycles. The zero-order valence-corrected chi connectivity index (χ0v) is 20.6. The number of benzene rings is 2. The summed E-state index contributed by atoms with van der Waals surface area (Å²) in [6, 6.07) is 15.9. The van der Waals surface area contributed by atoms with Gasteiger partial charge in [0.15, 0.2) is 0 Å². The van der Waals surface area contributed by atoms with Gasteiger partial charge in [-0.1, -0.05) is 62.4 Å². The van der Waals surface area contributed by atoms with Gasteiger partial charge in [0.05, 0.1) is 5.41 Å². The second kappa shape index (κ2) is 10.1. The molecule has 1 aliphatic heterocycles. The number of piperidine rings is 1. The average molecular weight is 479 g/mol. The molecule has 2 amide bonds. The molecule has 7 nitrogen and oxygen atoms in total. The van der Waals surface area contributed by atoms with Gasteiger partial charge in [-0.15, -0.1) is 0 Å². The van der Waals surface area contributed by atoms with E-state index in [-0.39, 0.29) is 37.3 Å². The van der Waals surface area contributed by atoms with Crippen LogP contribution in [0.25, 0.3) is 11.1 Å². The Morgan fingerprint density at radius 1 is 1.09 bits per heavy atom. The first-order valence-corrected chi connectivity index (χ1v) is 12.3. The Hall–Kier alpha value is -3.35. The molecule has 186 valence electrons. The van der Waals surface area contributed by atoms with Crippen molar-refractivity contribution in [2.45, 2.75) is 52.0 Å². The summed E-state index contributed by atoms with van der Waals surface area (Å²) >= 11 is 0. The summed E-state index contributed by atoms with van der Waals surface area (Å²) in [4.78, 5) is 39.0. The third kappa shape index (κ3) is 5.19. The van der Waals surface area contributed by atoms with Crippen LogP contribution in [-0.4, -0.2) is 53.7 Å². The van der Waals surface area contributed by atoms with E-state index in [0.717, 1.165) is 22.3 Å². The highest BCUT2D eigenvalue weighted by Gasteiger charge is 2.40. The smallest absolute Gasteiger partial charge is 0.407 e. The second-order valence-corrected chi connectivity index (χ2v) is 10.3. The lowest BCUT2D eigenvalue weighted by molar-refractivity contribution is -0.153. The predicted octanol–water partition coefficient (Wildman–Crippen LogP) is 4.65. The molecular weight excluding hydrogens is 444 g/mol. The molecule has 2 N–H and O–H groups in total. The van der Waals surface area contributed by atoms with Crippen molar-refractivity contribution in [1.29, 1.82) is 0 Å². The van der Waals surface area contributed by atoms with Crippen molar-refractivity contribution in [3.05, 3.63) is 59.7 Å². The maximum absolute atomic E-state index is 13.0. The van der Waals surface area contributed by atoms with E-state index < -0.39 is 23.5 Å². The average Bonchev–Trinajstić information content (AvgIpc) is 3.16. The van der Waals surface area contributed by atoms with Gasteiger partial charge in [-0.3, -0.25) is 9.59 Å². The standard InChI is InChI=1S/C28H34N2O5/c1-18(2)24(15-25(31)30-14-8-13-28(3,17-30)26(32)33)29-27(34)35-16-23-21-11-6-4-9-19(21)20-10-5-7-12-22(20)23/h4-7,9-12,18,23-24H,8,13-17H2,1-3H3,(H,29,34)(H,32,33)/t24-,28?/m0/s1. The van der Waals surface area contributed by atoms with Crippen LogP contribution in [0.2, 0.25) is 0 Å². The summed E-state index contributed by atoms with van der Waals surface area (Å²) < 4.78 is 5.66. The minimum absolute atomic E-state index is 0.00933. The van der Waals surface area contributed by atoms with Gasteiger partial charge in [-0.05, 0) is 47.9 Å². The lowest BCUT2D eigenvalue weighted by Gasteiger charge is -2.38. The fraction of sp³-hybridized carbons (Fsp3) is 0.464. The van der Waals surface area contributed by atoms with Crippen molar-refractivity contribution in [3.63, 3.8) is 0 Å². The Kier molecular flexibility index (Phi) is 7.15. The molecule has 0 bridgehead atoms. The van der Waals surface area contributed by atoms with Crippen molar-refractivity contribution >= 4 is 18.0 Å². The van der Waals surface area contributed by atoms with Gasteiger partial charge < -0.3 is 20.1 Å². The fourth-order valence-electron chi connectivity index (χ4n) is 5.19. The van der Waals surface area contributed by atoms with Crippen LogP contribution in [0.15, 0.2) is 48.5 Å². The van der Waals surface area contributed by atoms with Gasteiger partial charge in [0.25, 0.3) is 0 Å². The molecule has 35 heavy (non-hydrogen) atoms. The molecule has 1 saturated heterocycles. The summed E-state index contributed by atoms with van der Waals surface area (Å²) in [7, 11) is 0. The molecule has 0 aromatic heterocycles. The number of carbonyl (C=O) groups is 3. The Labute approximate surface area is 206 Å². The molecule has 1 unspecified atom stereocenters. The Morgan fingerprint density at radius 2 is 1.69 bits per heavy atom. The van der Waals surface area contributed by atoms with Crippen LogP contribution in [0.3, 0.4) is 0 Å². The first kappa shape index (κ1) is 24.8. The summed E-state index contributed by atoms with van der Waals surface area (Å²) in [6.07, 6.45) is 0.767. The highest BCUT2D eigenvalue weighted by Crippen LogP contribution is 2.44. The number of alkyl carbamates (subject to hydrolysis) is 1. The van der Waals surface area contributed by atoms with Crippen LogP contribution in [0.4, 0.5) is 4.79 Å². The number of carboxylic acids is 1. The quantitative estimate of drug-likeness (QED) is 0.604. The summed E-state index contributed by atoms with van der Waals surface area (Å²) in [6.45, 7) is 6.51. The summed E-state index contributed by atoms with van der Waals surface area (Å²) in [5.41, 5.74) is 3.68. The van der Waals surface area contributed by atoms with E-state index in [0.29, 0.717) is 19.4 Å². The third-order valence-corrected chi connectivity index (χ3v) is 7.41. The number of rotatable bonds is 7. The maximum atomic E-state index is 13.0. The third-order valence-electron chi connectivity index (χ3n) is 7.41. The van der Waals surface area contributed by atoms with Gasteiger partial charge >= 0.3 is 12.1 Å². The number of nitrogens with one attached hydrogen (secondary N) is 1. The molecule has 1 heterocycles. The number of hydrogen-bond donors (Lipinski definition) is 2. The number of ether oxygens (including phenoxy) is 1. The number of carbonyl (C=O) groups excluding carboxylic acids is 2. The second-order valence-electron chi connectivity index (χ2n) is 10.3. The monoisotopic (exact) mass is 478 g/mol. The minimum Gasteiger partial charge on any atom is -0.481 e. The Bertz CT molecular complexity index is 1070. The van der Waals surface area contributed by atoms with Gasteiger partial charge in [-0.2, -0.15) is 0 Å². The number of hydrogen-bond acceptors (Lipinski definition) is 4. The number of fused-ring (bicyclic) bond motifs is 3. The Morgan fingerprint density at radius 3 is 2.26 bits per heavy atom. The van der Waals surface area contributed by atoms with Crippen LogP contribution < -0.4 is 5.32 Å². The van der Waals surface area contributed by atoms with Gasteiger partial charge in [0.1, 0.15) is 6.61 Å². The van der Waals surface area contributed by atoms with Crippen LogP contribution in [0, 0.1) is 11.3 Å². The van der Waals surface area contributed by atoms with E-state index in [2.05, 4.69) is 29.6 Å². The molecule has 1 fully saturated rings. The van der Waals surface area contributed by atoms with Gasteiger partial charge in [-0.25, -0.2) is 4.79 Å². The fourth-order valence-corrected chi connectivity index (χ4v) is 5.19. The molecule has 2 aromatic rings. The van der Waals surface area contributed by atoms with Crippen LogP contribution in [0.1, 0.15) is 57.1 Å². The van der Waals surface area contributed by atoms with E-state index in [1.807, 2.05) is 38.1 Å². The van der Waals surface area contributed by atoms with E-state index >= 15 is 0 Å². The molecule has 4 rings (SSSR count). The number of nitrogens with zero attached hydrogens (tertiary/aromatic N) is 1. The Balaban J connectivity index is 1.37. The zero-order valence-electron chi connectivity index (χ0n) is 20.6. The van der Waals surface area contributed by atoms with Crippen LogP contribution >= 0.6 is 0 Å². The molecule has 2 atom stereocenters. The topological polar surface area (TPSA) is 95.9 Å². The number of likely N-dealkylation sites (tertiary alicyclic amines) is 1. The van der Waals surface area contributed by atoms with Crippen molar-refractivity contribution in [1.82, 2.24) is 10.2 Å². The highest BCUT2D eigenvalue weighted by molar-refractivity contribution is 5.81. The normalized spacial score (nSPS) is 20.2. The van der Waals surface area contributed by atoms with Crippen molar-refractivity contribution in [2.75, 3.05) is 19.7 Å². The SMILES string of the molecule is CC(C)[C@H](CC(=O)N1CCCC(C)(C(=O)O)C1)NC(=O)OCC1c2ccccc2-c2ccccc21. The number of carboxylic acid groups (broad SMARTS) is 1. The summed E-state index contributed by atoms with van der Waals surface area (Å²) in [5, 5.41) is 12.4. The van der Waals surface area contributed by atoms with E-state index in [4.69, 9.17) is 4.74 Å². The first-order valence-electron chi connectivity index (χ1n) is 12.3. The van der Waals surface area contributed by atoms with E-state index in [1.165, 1.54) is 0 Å². The molecule has 2 aliphatic rings.